The van der Waals surface area contributed by atoms with Gasteiger partial charge < -0.3 is 30.6 Å². The number of benzene rings is 1. The monoisotopic (exact) mass is 595 g/mol. The van der Waals surface area contributed by atoms with Gasteiger partial charge in [-0.3, -0.25) is 0 Å². The molecule has 2 heterocycles. The van der Waals surface area contributed by atoms with Crippen molar-refractivity contribution in [1.29, 1.82) is 0 Å². The molecule has 234 valence electrons. The molecule has 1 aliphatic carbocycles. The van der Waals surface area contributed by atoms with Gasteiger partial charge in [-0.15, -0.1) is 0 Å². The number of nitrogen functional groups attached to an aromatic ring is 1. The molecule has 0 atom stereocenters. The number of aromatic nitrogens is 3. The molecule has 0 radical (unpaired) electrons. The molecule has 4 N–H and O–H groups in total. The van der Waals surface area contributed by atoms with E-state index in [1.807, 2.05) is 67.5 Å². The molecule has 2 aromatic heterocycles. The summed E-state index contributed by atoms with van der Waals surface area (Å²) < 4.78 is 18.5. The molecule has 1 aliphatic rings. The molecule has 12 nitrogen and oxygen atoms in total. The fourth-order valence-corrected chi connectivity index (χ4v) is 5.01. The van der Waals surface area contributed by atoms with Gasteiger partial charge in [0.05, 0.1) is 24.2 Å². The highest BCUT2D eigenvalue weighted by molar-refractivity contribution is 5.97. The van der Waals surface area contributed by atoms with Gasteiger partial charge in [0, 0.05) is 17.6 Å². The lowest BCUT2D eigenvalue weighted by atomic mass is 9.91. The van der Waals surface area contributed by atoms with E-state index >= 15 is 0 Å². The van der Waals surface area contributed by atoms with Crippen LogP contribution in [0.3, 0.4) is 0 Å². The van der Waals surface area contributed by atoms with E-state index in [-0.39, 0.29) is 12.1 Å². The second kappa shape index (κ2) is 12.6. The van der Waals surface area contributed by atoms with Crippen LogP contribution in [0.1, 0.15) is 79.7 Å². The van der Waals surface area contributed by atoms with Gasteiger partial charge >= 0.3 is 12.2 Å². The normalized spacial score (nSPS) is 17.3. The summed E-state index contributed by atoms with van der Waals surface area (Å²) in [6.07, 6.45) is 3.75. The van der Waals surface area contributed by atoms with Crippen LogP contribution >= 0.6 is 0 Å². The van der Waals surface area contributed by atoms with E-state index in [4.69, 9.17) is 24.9 Å². The number of hydrogen-bond acceptors (Lipinski definition) is 9. The second-order valence-corrected chi connectivity index (χ2v) is 12.8. The van der Waals surface area contributed by atoms with E-state index in [2.05, 4.69) is 15.7 Å². The van der Waals surface area contributed by atoms with Crippen LogP contribution in [0.25, 0.3) is 5.65 Å². The first-order valence-corrected chi connectivity index (χ1v) is 14.8. The third-order valence-corrected chi connectivity index (χ3v) is 6.86. The van der Waals surface area contributed by atoms with Crippen molar-refractivity contribution in [3.05, 3.63) is 36.0 Å². The number of nitrogens with zero attached hydrogens (tertiary/aromatic N) is 4. The molecule has 1 fully saturated rings. The zero-order chi connectivity index (χ0) is 31.5. The van der Waals surface area contributed by atoms with Crippen molar-refractivity contribution in [3.63, 3.8) is 0 Å². The fraction of sp³-hybridized carbons (Fsp3) is 0.548. The molecular formula is C31H45N7O5. The molecule has 0 unspecified atom stereocenters. The van der Waals surface area contributed by atoms with Crippen molar-refractivity contribution in [2.45, 2.75) is 104 Å². The van der Waals surface area contributed by atoms with E-state index in [1.54, 1.807) is 16.6 Å². The predicted octanol–water partition coefficient (Wildman–Crippen LogP) is 6.34. The van der Waals surface area contributed by atoms with Gasteiger partial charge in [0.25, 0.3) is 0 Å². The van der Waals surface area contributed by atoms with Crippen molar-refractivity contribution in [1.82, 2.24) is 19.9 Å². The SMILES string of the molecule is CCOc1ccc(N(C(=O)OC(C)(C)C)c2c(C)c(NC3CCC(NC(=O)OC(C)(C)C)CC3)nc3c(N)cnn23)cc1. The van der Waals surface area contributed by atoms with Crippen molar-refractivity contribution in [2.75, 3.05) is 22.6 Å². The number of hydrogen-bond donors (Lipinski definition) is 3. The Bertz CT molecular complexity index is 1430. The van der Waals surface area contributed by atoms with Crippen molar-refractivity contribution < 1.29 is 23.8 Å². The Labute approximate surface area is 253 Å². The molecule has 0 spiro atoms. The first kappa shape index (κ1) is 31.7. The van der Waals surface area contributed by atoms with Gasteiger partial charge in [-0.05, 0) is 105 Å². The van der Waals surface area contributed by atoms with Crippen molar-refractivity contribution >= 4 is 40.8 Å². The summed E-state index contributed by atoms with van der Waals surface area (Å²) in [5.74, 6) is 1.75. The number of anilines is 4. The largest absolute Gasteiger partial charge is 0.494 e. The minimum atomic E-state index is -0.739. The third-order valence-electron chi connectivity index (χ3n) is 6.86. The molecule has 0 saturated heterocycles. The number of amides is 2. The van der Waals surface area contributed by atoms with Crippen LogP contribution in [-0.4, -0.2) is 56.7 Å². The van der Waals surface area contributed by atoms with Gasteiger partial charge in [0.2, 0.25) is 0 Å². The van der Waals surface area contributed by atoms with Crippen LogP contribution in [0.2, 0.25) is 0 Å². The summed E-state index contributed by atoms with van der Waals surface area (Å²) in [5.41, 5.74) is 7.08. The number of rotatable bonds is 7. The van der Waals surface area contributed by atoms with Gasteiger partial charge in [0.15, 0.2) is 11.5 Å². The highest BCUT2D eigenvalue weighted by Crippen LogP contribution is 2.36. The summed E-state index contributed by atoms with van der Waals surface area (Å²) >= 11 is 0. The first-order valence-electron chi connectivity index (χ1n) is 14.8. The molecule has 0 bridgehead atoms. The Kier molecular flexibility index (Phi) is 9.26. The van der Waals surface area contributed by atoms with Crippen LogP contribution < -0.4 is 26.0 Å². The van der Waals surface area contributed by atoms with E-state index in [1.165, 1.54) is 11.1 Å². The lowest BCUT2D eigenvalue weighted by molar-refractivity contribution is 0.0490. The molecule has 43 heavy (non-hydrogen) atoms. The number of carbonyl (C=O) groups excluding carboxylic acids is 2. The molecule has 2 amide bonds. The number of ether oxygens (including phenoxy) is 3. The molecule has 1 saturated carbocycles. The minimum absolute atomic E-state index is 0.0350. The van der Waals surface area contributed by atoms with Crippen LogP contribution in [0.5, 0.6) is 5.75 Å². The Morgan fingerprint density at radius 1 is 1.00 bits per heavy atom. The third kappa shape index (κ3) is 7.99. The molecule has 12 heteroatoms. The molecular weight excluding hydrogens is 550 g/mol. The van der Waals surface area contributed by atoms with Gasteiger partial charge in [0.1, 0.15) is 22.8 Å². The number of nitrogens with two attached hydrogens (primary N) is 1. The van der Waals surface area contributed by atoms with Crippen LogP contribution in [0.4, 0.5) is 32.6 Å². The summed E-state index contributed by atoms with van der Waals surface area (Å²) in [7, 11) is 0. The van der Waals surface area contributed by atoms with Gasteiger partial charge in [-0.1, -0.05) is 0 Å². The smallest absolute Gasteiger partial charge is 0.420 e. The molecule has 1 aromatic carbocycles. The number of nitrogens with one attached hydrogen (secondary N) is 2. The van der Waals surface area contributed by atoms with E-state index in [0.717, 1.165) is 25.7 Å². The number of alkyl carbamates (subject to hydrolysis) is 1. The van der Waals surface area contributed by atoms with Crippen LogP contribution in [-0.2, 0) is 9.47 Å². The average molecular weight is 596 g/mol. The Morgan fingerprint density at radius 3 is 2.19 bits per heavy atom. The van der Waals surface area contributed by atoms with Crippen LogP contribution in [0.15, 0.2) is 30.5 Å². The number of fused-ring (bicyclic) bond motifs is 1. The van der Waals surface area contributed by atoms with E-state index in [9.17, 15) is 9.59 Å². The second-order valence-electron chi connectivity index (χ2n) is 12.8. The maximum atomic E-state index is 13.8. The van der Waals surface area contributed by atoms with E-state index < -0.39 is 23.4 Å². The first-order chi connectivity index (χ1) is 20.1. The lowest BCUT2D eigenvalue weighted by Crippen LogP contribution is -2.42. The number of carbonyl (C=O) groups is 2. The quantitative estimate of drug-likeness (QED) is 0.285. The van der Waals surface area contributed by atoms with Gasteiger partial charge in [-0.2, -0.15) is 9.61 Å². The maximum absolute atomic E-state index is 13.8. The Morgan fingerprint density at radius 2 is 1.60 bits per heavy atom. The van der Waals surface area contributed by atoms with Crippen molar-refractivity contribution in [3.8, 4) is 5.75 Å². The fourth-order valence-electron chi connectivity index (χ4n) is 5.01. The Balaban J connectivity index is 1.65. The summed E-state index contributed by atoms with van der Waals surface area (Å²) in [6, 6.07) is 7.36. The molecule has 3 aromatic rings. The van der Waals surface area contributed by atoms with Crippen LogP contribution in [0, 0.1) is 6.92 Å². The summed E-state index contributed by atoms with van der Waals surface area (Å²) in [6.45, 7) is 15.3. The lowest BCUT2D eigenvalue weighted by Gasteiger charge is -2.32. The predicted molar refractivity (Wildman–Crippen MR) is 167 cm³/mol. The molecule has 4 rings (SSSR count). The zero-order valence-corrected chi connectivity index (χ0v) is 26.5. The summed E-state index contributed by atoms with van der Waals surface area (Å²) in [5, 5.41) is 11.0. The summed E-state index contributed by atoms with van der Waals surface area (Å²) in [4.78, 5) is 32.4. The van der Waals surface area contributed by atoms with E-state index in [0.29, 0.717) is 46.6 Å². The topological polar surface area (TPSA) is 145 Å². The molecule has 0 aliphatic heterocycles. The van der Waals surface area contributed by atoms with Gasteiger partial charge in [-0.25, -0.2) is 19.5 Å². The zero-order valence-electron chi connectivity index (χ0n) is 26.5. The minimum Gasteiger partial charge on any atom is -0.494 e. The highest BCUT2D eigenvalue weighted by atomic mass is 16.6. The van der Waals surface area contributed by atoms with Crippen molar-refractivity contribution in [2.24, 2.45) is 0 Å². The highest BCUT2D eigenvalue weighted by Gasteiger charge is 2.32. The average Bonchev–Trinajstić information content (AvgIpc) is 3.26. The Hall–Kier alpha value is -4.22. The maximum Gasteiger partial charge on any atom is 0.420 e. The standard InChI is InChI=1S/C31H45N7O5/c1-9-41-23-16-14-22(15-17-23)37(29(40)43-31(6,7)8)27-19(2)25(36-26-24(32)18-33-38(26)27)34-20-10-12-21(13-11-20)35-28(39)42-30(3,4)5/h14-18,20-21H,9-13,32H2,1-8H3,(H,34,36)(H,35,39).